The lowest BCUT2D eigenvalue weighted by molar-refractivity contribution is 0.661. The van der Waals surface area contributed by atoms with E-state index in [9.17, 15) is 0 Å². The first-order valence-electron chi connectivity index (χ1n) is 6.31. The van der Waals surface area contributed by atoms with Gasteiger partial charge in [-0.25, -0.2) is 0 Å². The fourth-order valence-corrected chi connectivity index (χ4v) is 2.90. The number of rotatable bonds is 0. The van der Waals surface area contributed by atoms with Crippen molar-refractivity contribution in [3.8, 4) is 0 Å². The molecule has 3 aromatic heterocycles. The maximum atomic E-state index is 6.02. The average Bonchev–Trinajstić information content (AvgIpc) is 3.05. The van der Waals surface area contributed by atoms with Crippen LogP contribution in [0.5, 0.6) is 0 Å². The largest absolute Gasteiger partial charge is 0.436 e. The Morgan fingerprint density at radius 2 is 1.79 bits per heavy atom. The van der Waals surface area contributed by atoms with E-state index in [1.807, 2.05) is 18.2 Å². The summed E-state index contributed by atoms with van der Waals surface area (Å²) in [6.45, 7) is 0. The minimum absolute atomic E-state index is 0.883. The predicted molar refractivity (Wildman–Crippen MR) is 76.5 cm³/mol. The van der Waals surface area contributed by atoms with Crippen molar-refractivity contribution < 1.29 is 4.42 Å². The van der Waals surface area contributed by atoms with Gasteiger partial charge >= 0.3 is 0 Å². The molecule has 5 aromatic rings. The van der Waals surface area contributed by atoms with Gasteiger partial charge in [-0.3, -0.25) is 4.40 Å². The van der Waals surface area contributed by atoms with Crippen LogP contribution in [0.15, 0.2) is 59.0 Å². The van der Waals surface area contributed by atoms with Crippen LogP contribution in [0.2, 0.25) is 0 Å². The summed E-state index contributed by atoms with van der Waals surface area (Å²) < 4.78 is 8.17. The van der Waals surface area contributed by atoms with Gasteiger partial charge in [0, 0.05) is 16.8 Å². The molecule has 0 unspecified atom stereocenters. The molecule has 0 aliphatic rings. The zero-order valence-corrected chi connectivity index (χ0v) is 10.1. The van der Waals surface area contributed by atoms with Gasteiger partial charge in [0.15, 0.2) is 11.2 Å². The molecule has 0 spiro atoms. The molecular weight excluding hydrogens is 236 g/mol. The molecule has 0 radical (unpaired) electrons. The molecule has 0 saturated carbocycles. The molecule has 3 heterocycles. The Balaban J connectivity index is 2.12. The molecule has 3 nitrogen and oxygen atoms in total. The summed E-state index contributed by atoms with van der Waals surface area (Å²) in [5.74, 6) is 0. The Kier molecular flexibility index (Phi) is 1.47. The molecule has 1 N–H and O–H groups in total. The Morgan fingerprint density at radius 1 is 0.947 bits per heavy atom. The molecule has 19 heavy (non-hydrogen) atoms. The van der Waals surface area contributed by atoms with Gasteiger partial charge < -0.3 is 9.40 Å². The van der Waals surface area contributed by atoms with Crippen LogP contribution in [-0.2, 0) is 0 Å². The molecule has 0 amide bonds. The van der Waals surface area contributed by atoms with Gasteiger partial charge in [0.1, 0.15) is 0 Å². The molecule has 90 valence electrons. The van der Waals surface area contributed by atoms with Gasteiger partial charge in [-0.05, 0) is 18.2 Å². The van der Waals surface area contributed by atoms with Crippen LogP contribution in [0.1, 0.15) is 0 Å². The second-order valence-electron chi connectivity index (χ2n) is 4.83. The summed E-state index contributed by atoms with van der Waals surface area (Å²) in [6.07, 6.45) is 0. The monoisotopic (exact) mass is 246 g/mol. The van der Waals surface area contributed by atoms with E-state index in [0.29, 0.717) is 0 Å². The first-order valence-corrected chi connectivity index (χ1v) is 6.31. The van der Waals surface area contributed by atoms with Gasteiger partial charge in [0.25, 0.3) is 0 Å². The third-order valence-electron chi connectivity index (χ3n) is 3.75. The number of nitrogens with zero attached hydrogens (tertiary/aromatic N) is 1. The van der Waals surface area contributed by atoms with E-state index in [0.717, 1.165) is 27.8 Å². The normalized spacial score (nSPS) is 12.2. The van der Waals surface area contributed by atoms with Crippen LogP contribution in [0.25, 0.3) is 38.7 Å². The quantitative estimate of drug-likeness (QED) is 0.433. The highest BCUT2D eigenvalue weighted by Crippen LogP contribution is 2.32. The second kappa shape index (κ2) is 3.01. The molecule has 2 aromatic carbocycles. The Labute approximate surface area is 108 Å². The lowest BCUT2D eigenvalue weighted by Gasteiger charge is -1.90. The number of aromatic nitrogens is 2. The van der Waals surface area contributed by atoms with Gasteiger partial charge in [-0.2, -0.15) is 0 Å². The predicted octanol–water partition coefficient (Wildman–Crippen LogP) is 4.32. The van der Waals surface area contributed by atoms with E-state index in [2.05, 4.69) is 45.8 Å². The number of fused-ring (bicyclic) bond motifs is 7. The Bertz CT molecular complexity index is 1060. The first kappa shape index (κ1) is 9.28. The summed E-state index contributed by atoms with van der Waals surface area (Å²) in [4.78, 5) is 3.45. The highest BCUT2D eigenvalue weighted by Gasteiger charge is 2.15. The SMILES string of the molecule is c1ccc2c(c1)cc1oc3c4ccccc4[nH]c3n12. The van der Waals surface area contributed by atoms with Crippen LogP contribution >= 0.6 is 0 Å². The van der Waals surface area contributed by atoms with Crippen molar-refractivity contribution in [2.75, 3.05) is 0 Å². The molecule has 5 rings (SSSR count). The van der Waals surface area contributed by atoms with Crippen molar-refractivity contribution in [3.63, 3.8) is 0 Å². The molecule has 0 bridgehead atoms. The second-order valence-corrected chi connectivity index (χ2v) is 4.83. The number of nitrogens with one attached hydrogen (secondary N) is 1. The number of oxazole rings is 1. The standard InChI is InChI=1S/C16H10N2O/c1-4-8-13-10(5-1)9-14-18(13)16-15(19-14)11-6-2-3-7-12(11)17-16/h1-9,17H. The molecule has 0 aliphatic carbocycles. The van der Waals surface area contributed by atoms with E-state index in [1.165, 1.54) is 10.9 Å². The van der Waals surface area contributed by atoms with Crippen molar-refractivity contribution in [1.29, 1.82) is 0 Å². The van der Waals surface area contributed by atoms with Gasteiger partial charge in [-0.1, -0.05) is 30.3 Å². The third kappa shape index (κ3) is 1.03. The highest BCUT2D eigenvalue weighted by atomic mass is 16.3. The summed E-state index contributed by atoms with van der Waals surface area (Å²) in [5, 5.41) is 2.33. The molecule has 0 saturated heterocycles. The molecule has 0 atom stereocenters. The smallest absolute Gasteiger partial charge is 0.207 e. The summed E-state index contributed by atoms with van der Waals surface area (Å²) in [5.41, 5.74) is 5.11. The van der Waals surface area contributed by atoms with Crippen LogP contribution in [-0.4, -0.2) is 9.38 Å². The zero-order chi connectivity index (χ0) is 12.4. The number of H-pyrrole nitrogens is 1. The summed E-state index contributed by atoms with van der Waals surface area (Å²) in [6, 6.07) is 18.6. The minimum Gasteiger partial charge on any atom is -0.436 e. The fourth-order valence-electron chi connectivity index (χ4n) is 2.90. The van der Waals surface area contributed by atoms with Crippen LogP contribution in [0.3, 0.4) is 0 Å². The molecule has 3 heteroatoms. The van der Waals surface area contributed by atoms with E-state index in [-0.39, 0.29) is 0 Å². The number of para-hydroxylation sites is 2. The lowest BCUT2D eigenvalue weighted by atomic mass is 10.2. The average molecular weight is 246 g/mol. The van der Waals surface area contributed by atoms with Crippen molar-refractivity contribution in [1.82, 2.24) is 9.38 Å². The number of benzene rings is 2. The summed E-state index contributed by atoms with van der Waals surface area (Å²) >= 11 is 0. The highest BCUT2D eigenvalue weighted by molar-refractivity contribution is 6.05. The van der Waals surface area contributed by atoms with Crippen LogP contribution < -0.4 is 0 Å². The molecular formula is C16H10N2O. The molecule has 0 fully saturated rings. The van der Waals surface area contributed by atoms with Crippen LogP contribution in [0.4, 0.5) is 0 Å². The summed E-state index contributed by atoms with van der Waals surface area (Å²) in [7, 11) is 0. The van der Waals surface area contributed by atoms with E-state index < -0.39 is 0 Å². The lowest BCUT2D eigenvalue weighted by Crippen LogP contribution is -1.79. The van der Waals surface area contributed by atoms with Crippen molar-refractivity contribution in [3.05, 3.63) is 54.6 Å². The maximum Gasteiger partial charge on any atom is 0.207 e. The van der Waals surface area contributed by atoms with E-state index >= 15 is 0 Å². The van der Waals surface area contributed by atoms with Gasteiger partial charge in [0.2, 0.25) is 5.71 Å². The van der Waals surface area contributed by atoms with Crippen molar-refractivity contribution in [2.24, 2.45) is 0 Å². The molecule has 0 aliphatic heterocycles. The van der Waals surface area contributed by atoms with Crippen molar-refractivity contribution >= 4 is 38.7 Å². The fraction of sp³-hybridized carbons (Fsp3) is 0. The van der Waals surface area contributed by atoms with Gasteiger partial charge in [0.05, 0.1) is 11.0 Å². The van der Waals surface area contributed by atoms with E-state index in [1.54, 1.807) is 0 Å². The topological polar surface area (TPSA) is 33.3 Å². The van der Waals surface area contributed by atoms with Gasteiger partial charge in [-0.15, -0.1) is 0 Å². The maximum absolute atomic E-state index is 6.02. The number of aromatic amines is 1. The van der Waals surface area contributed by atoms with Crippen molar-refractivity contribution in [2.45, 2.75) is 0 Å². The van der Waals surface area contributed by atoms with E-state index in [4.69, 9.17) is 4.42 Å². The number of hydrogen-bond acceptors (Lipinski definition) is 1. The van der Waals surface area contributed by atoms with Crippen LogP contribution in [0, 0.1) is 0 Å². The first-order chi connectivity index (χ1) is 9.42. The Hall–Kier alpha value is -2.68. The zero-order valence-electron chi connectivity index (χ0n) is 10.1. The third-order valence-corrected chi connectivity index (χ3v) is 3.75. The number of hydrogen-bond donors (Lipinski definition) is 1. The Morgan fingerprint density at radius 3 is 2.79 bits per heavy atom. The minimum atomic E-state index is 0.883.